The third-order valence-corrected chi connectivity index (χ3v) is 2.70. The molecule has 4 nitrogen and oxygen atoms in total. The maximum Gasteiger partial charge on any atom is 0.282 e. The van der Waals surface area contributed by atoms with Gasteiger partial charge in [0.2, 0.25) is 5.78 Å². The number of Topliss-reactive ketones (excluding diaryl/α,β-unsaturated/α-hetero) is 1. The van der Waals surface area contributed by atoms with E-state index in [9.17, 15) is 14.9 Å². The summed E-state index contributed by atoms with van der Waals surface area (Å²) in [5.74, 6) is -0.422. The molecule has 5 heteroatoms. The van der Waals surface area contributed by atoms with Crippen LogP contribution in [0.3, 0.4) is 0 Å². The first-order valence-corrected chi connectivity index (χ1v) is 5.36. The number of nitrogens with zero attached hydrogens (tertiary/aromatic N) is 1. The Hall–Kier alpha value is -1.42. The maximum atomic E-state index is 12.0. The van der Waals surface area contributed by atoms with Gasteiger partial charge in [0.15, 0.2) is 0 Å². The third kappa shape index (κ3) is 2.39. The first-order chi connectivity index (χ1) is 7.52. The topological polar surface area (TPSA) is 60.2 Å². The quantitative estimate of drug-likeness (QED) is 0.344. The van der Waals surface area contributed by atoms with Crippen LogP contribution in [0.2, 0.25) is 0 Å². The summed E-state index contributed by atoms with van der Waals surface area (Å²) < 4.78 is 0. The summed E-state index contributed by atoms with van der Waals surface area (Å²) in [6.07, 6.45) is 0.0231. The summed E-state index contributed by atoms with van der Waals surface area (Å²) in [6, 6.07) is 8.24. The lowest BCUT2D eigenvalue weighted by Gasteiger charge is -2.18. The first kappa shape index (κ1) is 12.6. The molecule has 86 valence electrons. The monoisotopic (exact) mass is 241 g/mol. The van der Waals surface area contributed by atoms with Crippen LogP contribution in [0.4, 0.5) is 0 Å². The Labute approximate surface area is 98.4 Å². The van der Waals surface area contributed by atoms with Crippen molar-refractivity contribution in [2.24, 2.45) is 0 Å². The second-order valence-corrected chi connectivity index (χ2v) is 4.04. The van der Waals surface area contributed by atoms with Gasteiger partial charge in [0.05, 0.1) is 0 Å². The van der Waals surface area contributed by atoms with Crippen LogP contribution in [-0.2, 0) is 0 Å². The Morgan fingerprint density at radius 1 is 1.44 bits per heavy atom. The van der Waals surface area contributed by atoms with E-state index in [0.29, 0.717) is 5.56 Å². The number of carbonyl (C=O) groups is 1. The Bertz CT molecular complexity index is 393. The zero-order chi connectivity index (χ0) is 12.2. The van der Waals surface area contributed by atoms with Gasteiger partial charge in [-0.25, -0.2) is 0 Å². The lowest BCUT2D eigenvalue weighted by atomic mass is 9.89. The fraction of sp³-hybridized carbons (Fsp3) is 0.364. The normalized spacial score (nSPS) is 14.1. The highest BCUT2D eigenvalue weighted by Gasteiger charge is 2.45. The molecule has 0 spiro atoms. The molecule has 0 saturated heterocycles. The molecule has 0 saturated carbocycles. The van der Waals surface area contributed by atoms with E-state index in [2.05, 4.69) is 0 Å². The van der Waals surface area contributed by atoms with Crippen molar-refractivity contribution >= 4 is 17.4 Å². The molecule has 0 aliphatic rings. The molecule has 0 N–H and O–H groups in total. The number of alkyl halides is 1. The average molecular weight is 242 g/mol. The Balaban J connectivity index is 3.06. The number of carbonyl (C=O) groups excluding carboxylic acids is 1. The van der Waals surface area contributed by atoms with E-state index in [4.69, 9.17) is 11.6 Å². The Morgan fingerprint density at radius 2 is 2.00 bits per heavy atom. The summed E-state index contributed by atoms with van der Waals surface area (Å²) in [4.78, 5) is 22.4. The second kappa shape index (κ2) is 5.07. The van der Waals surface area contributed by atoms with Gasteiger partial charge in [-0.1, -0.05) is 30.3 Å². The van der Waals surface area contributed by atoms with Gasteiger partial charge in [0, 0.05) is 29.7 Å². The van der Waals surface area contributed by atoms with E-state index >= 15 is 0 Å². The second-order valence-electron chi connectivity index (χ2n) is 3.67. The predicted octanol–water partition coefficient (Wildman–Crippen LogP) is 2.53. The van der Waals surface area contributed by atoms with Crippen molar-refractivity contribution in [3.63, 3.8) is 0 Å². The minimum absolute atomic E-state index is 0.0231. The molecule has 16 heavy (non-hydrogen) atoms. The molecular weight excluding hydrogens is 230 g/mol. The molecule has 1 aromatic rings. The minimum Gasteiger partial charge on any atom is -0.286 e. The van der Waals surface area contributed by atoms with Gasteiger partial charge in [0.25, 0.3) is 5.54 Å². The van der Waals surface area contributed by atoms with Gasteiger partial charge in [-0.05, 0) is 0 Å². The average Bonchev–Trinajstić information content (AvgIpc) is 2.29. The fourth-order valence-corrected chi connectivity index (χ4v) is 1.74. The fourth-order valence-electron chi connectivity index (χ4n) is 1.37. The molecule has 1 rings (SSSR count). The van der Waals surface area contributed by atoms with Crippen LogP contribution in [-0.4, -0.2) is 22.1 Å². The Morgan fingerprint density at radius 3 is 2.44 bits per heavy atom. The lowest BCUT2D eigenvalue weighted by molar-refractivity contribution is -0.545. The first-order valence-electron chi connectivity index (χ1n) is 4.82. The minimum atomic E-state index is -1.64. The highest BCUT2D eigenvalue weighted by atomic mass is 35.5. The van der Waals surface area contributed by atoms with Gasteiger partial charge in [0.1, 0.15) is 0 Å². The molecule has 1 unspecified atom stereocenters. The van der Waals surface area contributed by atoms with Crippen molar-refractivity contribution in [1.82, 2.24) is 0 Å². The Kier molecular flexibility index (Phi) is 4.01. The zero-order valence-electron chi connectivity index (χ0n) is 8.85. The third-order valence-electron chi connectivity index (χ3n) is 2.51. The molecular formula is C11H12ClNO3. The maximum absolute atomic E-state index is 12.0. The number of ketones is 1. The molecule has 0 radical (unpaired) electrons. The smallest absolute Gasteiger partial charge is 0.282 e. The summed E-state index contributed by atoms with van der Waals surface area (Å²) >= 11 is 5.50. The largest absolute Gasteiger partial charge is 0.286 e. The van der Waals surface area contributed by atoms with E-state index in [1.165, 1.54) is 6.92 Å². The molecule has 0 aliphatic carbocycles. The molecule has 0 heterocycles. The molecule has 0 amide bonds. The zero-order valence-corrected chi connectivity index (χ0v) is 9.61. The van der Waals surface area contributed by atoms with Crippen LogP contribution in [0.5, 0.6) is 0 Å². The number of halogens is 1. The summed E-state index contributed by atoms with van der Waals surface area (Å²) in [5.41, 5.74) is -1.30. The van der Waals surface area contributed by atoms with E-state index in [-0.39, 0.29) is 12.3 Å². The summed E-state index contributed by atoms with van der Waals surface area (Å²) in [7, 11) is 0. The number of benzene rings is 1. The molecule has 0 bridgehead atoms. The molecule has 0 aromatic heterocycles. The highest BCUT2D eigenvalue weighted by Crippen LogP contribution is 2.21. The van der Waals surface area contributed by atoms with Crippen LogP contribution in [0.25, 0.3) is 0 Å². The van der Waals surface area contributed by atoms with Crippen molar-refractivity contribution in [1.29, 1.82) is 0 Å². The molecule has 0 fully saturated rings. The SMILES string of the molecule is CC(CCCl)(C(=O)c1ccccc1)[N+](=O)[O-]. The number of hydrogen-bond donors (Lipinski definition) is 0. The van der Waals surface area contributed by atoms with Gasteiger partial charge in [-0.2, -0.15) is 0 Å². The van der Waals surface area contributed by atoms with E-state index in [0.717, 1.165) is 0 Å². The van der Waals surface area contributed by atoms with Crippen molar-refractivity contribution in [3.8, 4) is 0 Å². The van der Waals surface area contributed by atoms with E-state index in [1.807, 2.05) is 0 Å². The van der Waals surface area contributed by atoms with Crippen molar-refractivity contribution in [2.45, 2.75) is 18.9 Å². The molecule has 1 aromatic carbocycles. The van der Waals surface area contributed by atoms with Crippen molar-refractivity contribution < 1.29 is 9.72 Å². The highest BCUT2D eigenvalue weighted by molar-refractivity contribution is 6.18. The van der Waals surface area contributed by atoms with E-state index in [1.54, 1.807) is 30.3 Å². The molecule has 0 aliphatic heterocycles. The predicted molar refractivity (Wildman–Crippen MR) is 61.5 cm³/mol. The van der Waals surface area contributed by atoms with Crippen LogP contribution < -0.4 is 0 Å². The number of hydrogen-bond acceptors (Lipinski definition) is 3. The van der Waals surface area contributed by atoms with Gasteiger partial charge < -0.3 is 0 Å². The van der Waals surface area contributed by atoms with Crippen LogP contribution in [0, 0.1) is 10.1 Å². The number of rotatable bonds is 5. The van der Waals surface area contributed by atoms with Crippen LogP contribution in [0.15, 0.2) is 30.3 Å². The van der Waals surface area contributed by atoms with Crippen LogP contribution in [0.1, 0.15) is 23.7 Å². The standard InChI is InChI=1S/C11H12ClNO3/c1-11(7-8-12,13(15)16)10(14)9-5-3-2-4-6-9/h2-6H,7-8H2,1H3. The van der Waals surface area contributed by atoms with Crippen molar-refractivity contribution in [2.75, 3.05) is 5.88 Å². The summed E-state index contributed by atoms with van der Waals surface area (Å²) in [6.45, 7) is 1.31. The molecule has 1 atom stereocenters. The lowest BCUT2D eigenvalue weighted by Crippen LogP contribution is -2.43. The van der Waals surface area contributed by atoms with Crippen molar-refractivity contribution in [3.05, 3.63) is 46.0 Å². The van der Waals surface area contributed by atoms with Gasteiger partial charge >= 0.3 is 0 Å². The summed E-state index contributed by atoms with van der Waals surface area (Å²) in [5, 5.41) is 11.0. The van der Waals surface area contributed by atoms with Gasteiger partial charge in [-0.15, -0.1) is 11.6 Å². The van der Waals surface area contributed by atoms with Crippen LogP contribution >= 0.6 is 11.6 Å². The van der Waals surface area contributed by atoms with E-state index < -0.39 is 16.2 Å². The number of nitro groups is 1. The van der Waals surface area contributed by atoms with Gasteiger partial charge in [-0.3, -0.25) is 14.9 Å².